The lowest BCUT2D eigenvalue weighted by atomic mass is 9.94. The summed E-state index contributed by atoms with van der Waals surface area (Å²) in [5.41, 5.74) is 3.43. The van der Waals surface area contributed by atoms with Crippen molar-refractivity contribution in [1.82, 2.24) is 0 Å². The van der Waals surface area contributed by atoms with Gasteiger partial charge in [-0.1, -0.05) is 0 Å². The Morgan fingerprint density at radius 2 is 2.24 bits per heavy atom. The number of aliphatic imine (C=N–C) groups is 1. The van der Waals surface area contributed by atoms with Crippen molar-refractivity contribution < 1.29 is 13.9 Å². The molecule has 0 unspecified atom stereocenters. The molecule has 5 atom stereocenters. The minimum Gasteiger partial charge on any atom is -0.469 e. The van der Waals surface area contributed by atoms with Crippen LogP contribution in [0, 0.1) is 33.5 Å². The number of ether oxygens (including phenoxy) is 2. The van der Waals surface area contributed by atoms with Crippen LogP contribution in [0.3, 0.4) is 0 Å². The monoisotopic (exact) mass is 284 g/mol. The van der Waals surface area contributed by atoms with E-state index >= 15 is 0 Å². The van der Waals surface area contributed by atoms with Crippen LogP contribution in [0.2, 0.25) is 0 Å². The number of rotatable bonds is 1. The molecular formula is C14H12N4O3. The zero-order chi connectivity index (χ0) is 14.9. The van der Waals surface area contributed by atoms with E-state index in [-0.39, 0.29) is 11.9 Å². The van der Waals surface area contributed by atoms with Crippen LogP contribution in [-0.4, -0.2) is 24.5 Å². The van der Waals surface area contributed by atoms with Gasteiger partial charge in [0.25, 0.3) is 5.91 Å². The lowest BCUT2D eigenvalue weighted by Gasteiger charge is -2.25. The number of fused-ring (bicyclic) bond motifs is 2. The predicted octanol–water partition coefficient (Wildman–Crippen LogP) is 0.857. The Labute approximate surface area is 120 Å². The maximum Gasteiger partial charge on any atom is 0.294 e. The fourth-order valence-corrected chi connectivity index (χ4v) is 3.74. The molecule has 0 amide bonds. The molecule has 4 rings (SSSR count). The van der Waals surface area contributed by atoms with E-state index in [9.17, 15) is 10.5 Å². The lowest BCUT2D eigenvalue weighted by molar-refractivity contribution is -0.193. The number of nitrogens with zero attached hydrogens (tertiary/aromatic N) is 3. The number of hydrogen-bond donors (Lipinski definition) is 1. The van der Waals surface area contributed by atoms with Gasteiger partial charge in [0.05, 0.1) is 37.0 Å². The second-order valence-electron chi connectivity index (χ2n) is 5.61. The molecule has 1 aromatic rings. The number of nitrogens with two attached hydrogens (primary N) is 1. The van der Waals surface area contributed by atoms with Gasteiger partial charge in [0.15, 0.2) is 10.8 Å². The SMILES string of the molecule is C[C@@H]1CO[C@]2(N=C(N)[C@@]3(C#N)[C@@H](c4ccco4)[C@@]23C#N)O1. The first-order chi connectivity index (χ1) is 10.1. The van der Waals surface area contributed by atoms with E-state index in [1.54, 1.807) is 12.1 Å². The van der Waals surface area contributed by atoms with Gasteiger partial charge in [-0.25, -0.2) is 4.99 Å². The minimum atomic E-state index is -1.52. The highest BCUT2D eigenvalue weighted by Gasteiger charge is 2.95. The largest absolute Gasteiger partial charge is 0.469 e. The Kier molecular flexibility index (Phi) is 2.04. The number of furan rings is 1. The molecule has 106 valence electrons. The zero-order valence-electron chi connectivity index (χ0n) is 11.2. The molecule has 2 N–H and O–H groups in total. The van der Waals surface area contributed by atoms with E-state index in [1.807, 2.05) is 6.92 Å². The van der Waals surface area contributed by atoms with Crippen molar-refractivity contribution >= 4 is 5.84 Å². The molecule has 3 heterocycles. The van der Waals surface area contributed by atoms with Crippen molar-refractivity contribution in [2.45, 2.75) is 24.9 Å². The van der Waals surface area contributed by atoms with Gasteiger partial charge < -0.3 is 19.6 Å². The van der Waals surface area contributed by atoms with E-state index in [4.69, 9.17) is 19.6 Å². The van der Waals surface area contributed by atoms with E-state index in [2.05, 4.69) is 17.1 Å². The summed E-state index contributed by atoms with van der Waals surface area (Å²) in [7, 11) is 0. The van der Waals surface area contributed by atoms with Crippen LogP contribution in [0.25, 0.3) is 0 Å². The third-order valence-corrected chi connectivity index (χ3v) is 4.63. The summed E-state index contributed by atoms with van der Waals surface area (Å²) < 4.78 is 16.9. The summed E-state index contributed by atoms with van der Waals surface area (Å²) >= 11 is 0. The summed E-state index contributed by atoms with van der Waals surface area (Å²) in [5.74, 6) is -1.47. The molecule has 0 aromatic carbocycles. The van der Waals surface area contributed by atoms with Crippen LogP contribution in [0.4, 0.5) is 0 Å². The van der Waals surface area contributed by atoms with Crippen LogP contribution >= 0.6 is 0 Å². The average molecular weight is 284 g/mol. The molecule has 1 aromatic heterocycles. The van der Waals surface area contributed by atoms with Gasteiger partial charge in [0.1, 0.15) is 11.6 Å². The van der Waals surface area contributed by atoms with Gasteiger partial charge >= 0.3 is 0 Å². The standard InChI is InChI=1S/C14H12N4O3/c1-8-5-20-14(21-8)13(7-16)10(9-3-2-4-19-9)12(13,6-15)11(17)18-14/h2-4,8,10H,5H2,1H3,(H2,17,18)/t8-,10-,12-,13-,14+/m1/s1. The van der Waals surface area contributed by atoms with E-state index in [0.29, 0.717) is 12.4 Å². The molecule has 21 heavy (non-hydrogen) atoms. The van der Waals surface area contributed by atoms with Gasteiger partial charge in [-0.05, 0) is 19.1 Å². The molecule has 3 aliphatic rings. The minimum absolute atomic E-state index is 0.0713. The second-order valence-corrected chi connectivity index (χ2v) is 5.61. The van der Waals surface area contributed by atoms with E-state index in [1.165, 1.54) is 6.26 Å². The smallest absolute Gasteiger partial charge is 0.294 e. The predicted molar refractivity (Wildman–Crippen MR) is 68.4 cm³/mol. The molecule has 1 aliphatic carbocycles. The lowest BCUT2D eigenvalue weighted by Crippen LogP contribution is -2.39. The van der Waals surface area contributed by atoms with E-state index in [0.717, 1.165) is 0 Å². The fraction of sp³-hybridized carbons (Fsp3) is 0.500. The Balaban J connectivity index is 1.94. The average Bonchev–Trinajstić information content (AvgIpc) is 2.87. The van der Waals surface area contributed by atoms with Crippen LogP contribution in [-0.2, 0) is 9.47 Å². The van der Waals surface area contributed by atoms with Gasteiger partial charge in [-0.2, -0.15) is 10.5 Å². The molecule has 0 bridgehead atoms. The third-order valence-electron chi connectivity index (χ3n) is 4.63. The molecule has 1 saturated heterocycles. The first kappa shape index (κ1) is 12.4. The molecule has 1 spiro atoms. The summed E-state index contributed by atoms with van der Waals surface area (Å²) in [5, 5.41) is 19.5. The van der Waals surface area contributed by atoms with Crippen LogP contribution in [0.5, 0.6) is 0 Å². The number of hydrogen-bond acceptors (Lipinski definition) is 7. The van der Waals surface area contributed by atoms with Crippen LogP contribution in [0.15, 0.2) is 27.8 Å². The highest BCUT2D eigenvalue weighted by molar-refractivity contribution is 6.00. The summed E-state index contributed by atoms with van der Waals surface area (Å²) in [6, 6.07) is 7.79. The highest BCUT2D eigenvalue weighted by atomic mass is 16.8. The van der Waals surface area contributed by atoms with Crippen LogP contribution < -0.4 is 5.73 Å². The van der Waals surface area contributed by atoms with Crippen molar-refractivity contribution in [2.24, 2.45) is 21.6 Å². The number of nitriles is 2. The molecule has 2 aliphatic heterocycles. The van der Waals surface area contributed by atoms with Crippen molar-refractivity contribution in [3.05, 3.63) is 24.2 Å². The summed E-state index contributed by atoms with van der Waals surface area (Å²) in [6.45, 7) is 2.12. The van der Waals surface area contributed by atoms with Gasteiger partial charge in [0, 0.05) is 0 Å². The zero-order valence-corrected chi connectivity index (χ0v) is 11.2. The first-order valence-electron chi connectivity index (χ1n) is 6.61. The first-order valence-corrected chi connectivity index (χ1v) is 6.61. The molecule has 7 nitrogen and oxygen atoms in total. The molecule has 2 fully saturated rings. The fourth-order valence-electron chi connectivity index (χ4n) is 3.74. The van der Waals surface area contributed by atoms with Crippen molar-refractivity contribution in [1.29, 1.82) is 10.5 Å². The maximum atomic E-state index is 9.83. The molecule has 1 saturated carbocycles. The third kappa shape index (κ3) is 1.03. The number of amidine groups is 1. The normalized spacial score (nSPS) is 46.7. The Morgan fingerprint density at radius 1 is 1.43 bits per heavy atom. The quantitative estimate of drug-likeness (QED) is 0.817. The van der Waals surface area contributed by atoms with Gasteiger partial charge in [0.2, 0.25) is 0 Å². The Morgan fingerprint density at radius 3 is 2.76 bits per heavy atom. The topological polar surface area (TPSA) is 118 Å². The maximum absolute atomic E-state index is 9.83. The van der Waals surface area contributed by atoms with Crippen molar-refractivity contribution in [3.63, 3.8) is 0 Å². The van der Waals surface area contributed by atoms with Crippen LogP contribution in [0.1, 0.15) is 18.6 Å². The summed E-state index contributed by atoms with van der Waals surface area (Å²) in [4.78, 5) is 4.21. The Hall–Kier alpha value is -2.35. The molecule has 0 radical (unpaired) electrons. The molecular weight excluding hydrogens is 272 g/mol. The second kappa shape index (κ2) is 3.45. The Bertz CT molecular complexity index is 730. The van der Waals surface area contributed by atoms with Crippen molar-refractivity contribution in [2.75, 3.05) is 6.61 Å². The highest BCUT2D eigenvalue weighted by Crippen LogP contribution is 2.82. The van der Waals surface area contributed by atoms with Crippen molar-refractivity contribution in [3.8, 4) is 12.1 Å². The summed E-state index contributed by atoms with van der Waals surface area (Å²) in [6.07, 6.45) is 1.28. The molecule has 7 heteroatoms. The van der Waals surface area contributed by atoms with Gasteiger partial charge in [-0.3, -0.25) is 0 Å². The van der Waals surface area contributed by atoms with E-state index < -0.39 is 22.7 Å². The van der Waals surface area contributed by atoms with Gasteiger partial charge in [-0.15, -0.1) is 0 Å².